The Labute approximate surface area is 87.5 Å². The molecular formula is C8H6ClNO3S. The molecule has 1 aliphatic heterocycles. The van der Waals surface area contributed by atoms with Crippen LogP contribution in [-0.2, 0) is 22.3 Å². The third-order valence-electron chi connectivity index (χ3n) is 1.97. The van der Waals surface area contributed by atoms with Gasteiger partial charge in [0, 0.05) is 5.69 Å². The summed E-state index contributed by atoms with van der Waals surface area (Å²) in [4.78, 5) is 11.1. The smallest absolute Gasteiger partial charge is 0.228 e. The number of carbonyl (C=O) groups excluding carboxylic acids is 1. The SMILES string of the molecule is O=C1Cc2cc(S(=O)O)c(Cl)cc2N1. The molecule has 14 heavy (non-hydrogen) atoms. The van der Waals surface area contributed by atoms with Crippen molar-refractivity contribution in [1.29, 1.82) is 0 Å². The highest BCUT2D eigenvalue weighted by Gasteiger charge is 2.20. The molecule has 1 aliphatic rings. The summed E-state index contributed by atoms with van der Waals surface area (Å²) in [6.07, 6.45) is 0.233. The molecule has 0 aliphatic carbocycles. The van der Waals surface area contributed by atoms with Gasteiger partial charge < -0.3 is 9.87 Å². The third kappa shape index (κ3) is 1.54. The lowest BCUT2D eigenvalue weighted by molar-refractivity contribution is -0.115. The van der Waals surface area contributed by atoms with Gasteiger partial charge in [-0.15, -0.1) is 0 Å². The zero-order valence-corrected chi connectivity index (χ0v) is 8.48. The summed E-state index contributed by atoms with van der Waals surface area (Å²) in [6, 6.07) is 2.97. The van der Waals surface area contributed by atoms with E-state index in [4.69, 9.17) is 16.2 Å². The Morgan fingerprint density at radius 3 is 2.86 bits per heavy atom. The van der Waals surface area contributed by atoms with E-state index in [-0.39, 0.29) is 22.2 Å². The number of amides is 1. The van der Waals surface area contributed by atoms with Gasteiger partial charge in [-0.2, -0.15) is 0 Å². The number of nitrogens with one attached hydrogen (secondary N) is 1. The number of benzene rings is 1. The number of carbonyl (C=O) groups is 1. The van der Waals surface area contributed by atoms with Crippen molar-refractivity contribution in [1.82, 2.24) is 0 Å². The Balaban J connectivity index is 2.55. The molecule has 1 aromatic rings. The molecule has 1 amide bonds. The lowest BCUT2D eigenvalue weighted by Crippen LogP contribution is -2.03. The molecule has 2 N–H and O–H groups in total. The molecule has 0 aromatic heterocycles. The van der Waals surface area contributed by atoms with Gasteiger partial charge in [0.2, 0.25) is 5.91 Å². The maximum atomic E-state index is 11.0. The molecule has 0 saturated carbocycles. The van der Waals surface area contributed by atoms with Crippen LogP contribution < -0.4 is 5.32 Å². The average molecular weight is 232 g/mol. The molecule has 4 nitrogen and oxygen atoms in total. The second kappa shape index (κ2) is 3.34. The maximum absolute atomic E-state index is 11.0. The van der Waals surface area contributed by atoms with Gasteiger partial charge in [-0.1, -0.05) is 11.6 Å². The molecule has 1 unspecified atom stereocenters. The Morgan fingerprint density at radius 2 is 2.21 bits per heavy atom. The van der Waals surface area contributed by atoms with Gasteiger partial charge >= 0.3 is 0 Å². The minimum Gasteiger partial charge on any atom is -0.325 e. The van der Waals surface area contributed by atoms with Crippen LogP contribution in [0.4, 0.5) is 5.69 Å². The predicted molar refractivity (Wildman–Crippen MR) is 52.8 cm³/mol. The lowest BCUT2D eigenvalue weighted by Gasteiger charge is -2.03. The Morgan fingerprint density at radius 1 is 1.50 bits per heavy atom. The summed E-state index contributed by atoms with van der Waals surface area (Å²) in [5, 5.41) is 2.79. The number of fused-ring (bicyclic) bond motifs is 1. The first-order valence-electron chi connectivity index (χ1n) is 3.81. The van der Waals surface area contributed by atoms with E-state index in [0.717, 1.165) is 0 Å². The summed E-state index contributed by atoms with van der Waals surface area (Å²) in [7, 11) is 0. The van der Waals surface area contributed by atoms with Gasteiger partial charge in [-0.3, -0.25) is 4.79 Å². The maximum Gasteiger partial charge on any atom is 0.228 e. The monoisotopic (exact) mass is 231 g/mol. The van der Waals surface area contributed by atoms with Crippen LogP contribution in [0.25, 0.3) is 0 Å². The first-order chi connectivity index (χ1) is 6.58. The van der Waals surface area contributed by atoms with Crippen molar-refractivity contribution in [3.8, 4) is 0 Å². The summed E-state index contributed by atoms with van der Waals surface area (Å²) >= 11 is 3.63. The zero-order valence-electron chi connectivity index (χ0n) is 6.91. The van der Waals surface area contributed by atoms with E-state index < -0.39 is 11.1 Å². The van der Waals surface area contributed by atoms with Crippen LogP contribution in [0.15, 0.2) is 17.0 Å². The summed E-state index contributed by atoms with van der Waals surface area (Å²) < 4.78 is 19.7. The highest BCUT2D eigenvalue weighted by molar-refractivity contribution is 7.79. The average Bonchev–Trinajstić information content (AvgIpc) is 2.42. The largest absolute Gasteiger partial charge is 0.325 e. The second-order valence-electron chi connectivity index (χ2n) is 2.91. The normalized spacial score (nSPS) is 16.3. The van der Waals surface area contributed by atoms with Crippen LogP contribution in [0.5, 0.6) is 0 Å². The zero-order chi connectivity index (χ0) is 10.3. The van der Waals surface area contributed by atoms with Crippen molar-refractivity contribution in [2.24, 2.45) is 0 Å². The van der Waals surface area contributed by atoms with Crippen LogP contribution in [0, 0.1) is 0 Å². The van der Waals surface area contributed by atoms with Crippen molar-refractivity contribution < 1.29 is 13.6 Å². The lowest BCUT2D eigenvalue weighted by atomic mass is 10.2. The molecule has 0 radical (unpaired) electrons. The minimum atomic E-state index is -2.12. The van der Waals surface area contributed by atoms with E-state index in [1.807, 2.05) is 0 Å². The Hall–Kier alpha value is -0.910. The number of halogens is 1. The van der Waals surface area contributed by atoms with Crippen LogP contribution in [0.2, 0.25) is 5.02 Å². The highest BCUT2D eigenvalue weighted by atomic mass is 35.5. The van der Waals surface area contributed by atoms with Crippen molar-refractivity contribution in [2.75, 3.05) is 5.32 Å². The second-order valence-corrected chi connectivity index (χ2v) is 4.26. The number of hydrogen-bond donors (Lipinski definition) is 2. The quantitative estimate of drug-likeness (QED) is 0.719. The molecule has 74 valence electrons. The molecule has 1 atom stereocenters. The van der Waals surface area contributed by atoms with E-state index in [1.165, 1.54) is 12.1 Å². The van der Waals surface area contributed by atoms with Gasteiger partial charge in [-0.05, 0) is 17.7 Å². The number of anilines is 1. The van der Waals surface area contributed by atoms with E-state index in [1.54, 1.807) is 0 Å². The van der Waals surface area contributed by atoms with Gasteiger partial charge in [0.1, 0.15) is 0 Å². The standard InChI is InChI=1S/C8H6ClNO3S/c9-5-3-6-4(2-8(11)10-6)1-7(5)14(12)13/h1,3H,2H2,(H,10,11)(H,12,13). The van der Waals surface area contributed by atoms with Gasteiger partial charge in [-0.25, -0.2) is 4.21 Å². The number of hydrogen-bond acceptors (Lipinski definition) is 2. The van der Waals surface area contributed by atoms with Crippen molar-refractivity contribution in [2.45, 2.75) is 11.3 Å². The summed E-state index contributed by atoms with van der Waals surface area (Å²) in [6.45, 7) is 0. The van der Waals surface area contributed by atoms with Gasteiger partial charge in [0.05, 0.1) is 16.3 Å². The number of rotatable bonds is 1. The molecule has 0 saturated heterocycles. The fourth-order valence-electron chi connectivity index (χ4n) is 1.36. The van der Waals surface area contributed by atoms with Gasteiger partial charge in [0.15, 0.2) is 11.1 Å². The van der Waals surface area contributed by atoms with Crippen molar-refractivity contribution >= 4 is 34.3 Å². The van der Waals surface area contributed by atoms with Crippen molar-refractivity contribution in [3.63, 3.8) is 0 Å². The van der Waals surface area contributed by atoms with Crippen molar-refractivity contribution in [3.05, 3.63) is 22.7 Å². The topological polar surface area (TPSA) is 66.4 Å². The first kappa shape index (κ1) is 9.64. The molecule has 0 spiro atoms. The molecule has 6 heteroatoms. The molecule has 1 heterocycles. The van der Waals surface area contributed by atoms with Crippen LogP contribution in [0.3, 0.4) is 0 Å². The molecule has 2 rings (SSSR count). The van der Waals surface area contributed by atoms with Crippen LogP contribution in [0.1, 0.15) is 5.56 Å². The van der Waals surface area contributed by atoms with E-state index in [2.05, 4.69) is 5.32 Å². The van der Waals surface area contributed by atoms with E-state index >= 15 is 0 Å². The molecular weight excluding hydrogens is 226 g/mol. The summed E-state index contributed by atoms with van der Waals surface area (Å²) in [5.74, 6) is -0.128. The third-order valence-corrected chi connectivity index (χ3v) is 3.11. The van der Waals surface area contributed by atoms with E-state index in [0.29, 0.717) is 11.3 Å². The fraction of sp³-hybridized carbons (Fsp3) is 0.125. The van der Waals surface area contributed by atoms with Gasteiger partial charge in [0.25, 0.3) is 0 Å². The van der Waals surface area contributed by atoms with Crippen LogP contribution in [-0.4, -0.2) is 14.7 Å². The van der Waals surface area contributed by atoms with E-state index in [9.17, 15) is 9.00 Å². The predicted octanol–water partition coefficient (Wildman–Crippen LogP) is 1.42. The molecule has 0 fully saturated rings. The molecule has 1 aromatic carbocycles. The molecule has 0 bridgehead atoms. The Kier molecular flexibility index (Phi) is 2.30. The minimum absolute atomic E-state index is 0.128. The summed E-state index contributed by atoms with van der Waals surface area (Å²) in [5.41, 5.74) is 1.33. The highest BCUT2D eigenvalue weighted by Crippen LogP contribution is 2.30. The van der Waals surface area contributed by atoms with Crippen LogP contribution >= 0.6 is 11.6 Å². The Bertz CT molecular complexity index is 446. The fourth-order valence-corrected chi connectivity index (χ4v) is 2.19. The first-order valence-corrected chi connectivity index (χ1v) is 5.29.